The van der Waals surface area contributed by atoms with Crippen LogP contribution in [0.1, 0.15) is 5.56 Å². The highest BCUT2D eigenvalue weighted by atomic mass is 15.3. The van der Waals surface area contributed by atoms with Gasteiger partial charge in [-0.15, -0.1) is 5.10 Å². The first kappa shape index (κ1) is 6.23. The van der Waals surface area contributed by atoms with Crippen molar-refractivity contribution in [3.63, 3.8) is 0 Å². The second-order valence-electron chi connectivity index (χ2n) is 2.21. The van der Waals surface area contributed by atoms with Crippen molar-refractivity contribution in [3.05, 3.63) is 17.8 Å². The number of hydrogen-bond donors (Lipinski definition) is 2. The first-order valence-corrected chi connectivity index (χ1v) is 3.25. The minimum absolute atomic E-state index is 0.482. The van der Waals surface area contributed by atoms with Gasteiger partial charge < -0.3 is 5.73 Å². The van der Waals surface area contributed by atoms with E-state index in [1.54, 1.807) is 6.20 Å². The Hall–Kier alpha value is -1.49. The van der Waals surface area contributed by atoms with Crippen molar-refractivity contribution in [1.29, 1.82) is 0 Å². The van der Waals surface area contributed by atoms with Gasteiger partial charge in [0.2, 0.25) is 5.65 Å². The van der Waals surface area contributed by atoms with E-state index >= 15 is 0 Å². The maximum Gasteiger partial charge on any atom is 0.201 e. The molecule has 5 nitrogen and oxygen atoms in total. The summed E-state index contributed by atoms with van der Waals surface area (Å²) in [5, 5.41) is 10.2. The van der Waals surface area contributed by atoms with Crippen LogP contribution in [0.2, 0.25) is 0 Å². The number of aromatic nitrogens is 4. The Morgan fingerprint density at radius 2 is 2.36 bits per heavy atom. The lowest BCUT2D eigenvalue weighted by Gasteiger charge is -1.91. The molecule has 5 heteroatoms. The fourth-order valence-corrected chi connectivity index (χ4v) is 0.894. The minimum Gasteiger partial charge on any atom is -0.326 e. The molecule has 0 aliphatic heterocycles. The zero-order valence-electron chi connectivity index (χ0n) is 5.78. The van der Waals surface area contributed by atoms with Gasteiger partial charge in [0.15, 0.2) is 0 Å². The van der Waals surface area contributed by atoms with Crippen LogP contribution < -0.4 is 5.73 Å². The van der Waals surface area contributed by atoms with Crippen molar-refractivity contribution < 1.29 is 0 Å². The Labute approximate surface area is 62.6 Å². The molecule has 3 N–H and O–H groups in total. The molecule has 0 aliphatic carbocycles. The molecular formula is C6H7N5. The molecule has 0 aromatic carbocycles. The summed E-state index contributed by atoms with van der Waals surface area (Å²) in [6.45, 7) is 0.482. The van der Waals surface area contributed by atoms with Gasteiger partial charge in [0.05, 0.1) is 0 Å². The van der Waals surface area contributed by atoms with E-state index in [1.807, 2.05) is 6.07 Å². The van der Waals surface area contributed by atoms with Crippen LogP contribution in [0.3, 0.4) is 0 Å². The Balaban J connectivity index is 2.67. The van der Waals surface area contributed by atoms with E-state index in [-0.39, 0.29) is 0 Å². The largest absolute Gasteiger partial charge is 0.326 e. The molecule has 2 heterocycles. The fraction of sp³-hybridized carbons (Fsp3) is 0.167. The smallest absolute Gasteiger partial charge is 0.201 e. The van der Waals surface area contributed by atoms with E-state index in [2.05, 4.69) is 20.4 Å². The molecule has 0 atom stereocenters. The molecule has 0 spiro atoms. The first-order chi connectivity index (χ1) is 5.40. The van der Waals surface area contributed by atoms with E-state index in [4.69, 9.17) is 5.73 Å². The number of rotatable bonds is 1. The molecule has 0 saturated carbocycles. The maximum absolute atomic E-state index is 5.41. The Bertz CT molecular complexity index is 366. The van der Waals surface area contributed by atoms with E-state index in [1.165, 1.54) is 0 Å². The third kappa shape index (κ3) is 0.947. The zero-order valence-corrected chi connectivity index (χ0v) is 5.78. The minimum atomic E-state index is 0.482. The molecule has 2 aromatic heterocycles. The molecule has 2 aromatic rings. The Morgan fingerprint density at radius 1 is 1.45 bits per heavy atom. The first-order valence-electron chi connectivity index (χ1n) is 3.25. The van der Waals surface area contributed by atoms with Crippen LogP contribution in [0, 0.1) is 0 Å². The zero-order chi connectivity index (χ0) is 7.68. The van der Waals surface area contributed by atoms with E-state index < -0.39 is 0 Å². The second kappa shape index (κ2) is 2.28. The molecule has 0 radical (unpaired) electrons. The molecule has 0 fully saturated rings. The quantitative estimate of drug-likeness (QED) is 0.589. The van der Waals surface area contributed by atoms with Crippen LogP contribution in [0.15, 0.2) is 12.3 Å². The number of nitrogens with two attached hydrogens (primary N) is 1. The number of pyridine rings is 1. The third-order valence-corrected chi connectivity index (χ3v) is 1.47. The molecule has 2 rings (SSSR count). The van der Waals surface area contributed by atoms with Gasteiger partial charge in [-0.1, -0.05) is 0 Å². The fourth-order valence-electron chi connectivity index (χ4n) is 0.894. The van der Waals surface area contributed by atoms with Crippen LogP contribution >= 0.6 is 0 Å². The number of fused-ring (bicyclic) bond motifs is 1. The molecule has 0 aliphatic rings. The van der Waals surface area contributed by atoms with Crippen molar-refractivity contribution in [1.82, 2.24) is 20.4 Å². The topological polar surface area (TPSA) is 80.5 Å². The predicted octanol–water partition coefficient (Wildman–Crippen LogP) is -0.188. The molecular weight excluding hydrogens is 142 g/mol. The van der Waals surface area contributed by atoms with Crippen LogP contribution in [0.4, 0.5) is 0 Å². The van der Waals surface area contributed by atoms with Crippen LogP contribution in [-0.2, 0) is 6.54 Å². The molecule has 56 valence electrons. The summed E-state index contributed by atoms with van der Waals surface area (Å²) in [7, 11) is 0. The van der Waals surface area contributed by atoms with E-state index in [0.29, 0.717) is 12.2 Å². The second-order valence-corrected chi connectivity index (χ2v) is 2.21. The summed E-state index contributed by atoms with van der Waals surface area (Å²) in [5.74, 6) is 0. The summed E-state index contributed by atoms with van der Waals surface area (Å²) in [6.07, 6.45) is 1.70. The van der Waals surface area contributed by atoms with Gasteiger partial charge in [0, 0.05) is 12.7 Å². The lowest BCUT2D eigenvalue weighted by molar-refractivity contribution is 0.954. The van der Waals surface area contributed by atoms with Crippen molar-refractivity contribution >= 4 is 11.2 Å². The highest BCUT2D eigenvalue weighted by Crippen LogP contribution is 2.05. The lowest BCUT2D eigenvalue weighted by atomic mass is 10.3. The highest BCUT2D eigenvalue weighted by molar-refractivity contribution is 5.68. The predicted molar refractivity (Wildman–Crippen MR) is 39.6 cm³/mol. The molecule has 0 bridgehead atoms. The Kier molecular flexibility index (Phi) is 1.29. The van der Waals surface area contributed by atoms with Crippen LogP contribution in [0.5, 0.6) is 0 Å². The number of nitrogens with zero attached hydrogens (tertiary/aromatic N) is 3. The van der Waals surface area contributed by atoms with Crippen molar-refractivity contribution in [3.8, 4) is 0 Å². The normalized spacial score (nSPS) is 10.6. The van der Waals surface area contributed by atoms with Gasteiger partial charge in [-0.05, 0) is 11.6 Å². The molecule has 0 unspecified atom stereocenters. The summed E-state index contributed by atoms with van der Waals surface area (Å²) >= 11 is 0. The SMILES string of the molecule is NCc1cnc2n[nH]nc2c1. The van der Waals surface area contributed by atoms with Crippen molar-refractivity contribution in [2.45, 2.75) is 6.54 Å². The Morgan fingerprint density at radius 3 is 3.18 bits per heavy atom. The number of aromatic amines is 1. The van der Waals surface area contributed by atoms with Gasteiger partial charge in [0.1, 0.15) is 5.52 Å². The average Bonchev–Trinajstić information content (AvgIpc) is 2.50. The summed E-state index contributed by atoms with van der Waals surface area (Å²) < 4.78 is 0. The van der Waals surface area contributed by atoms with Crippen molar-refractivity contribution in [2.24, 2.45) is 5.73 Å². The van der Waals surface area contributed by atoms with Gasteiger partial charge in [-0.3, -0.25) is 0 Å². The van der Waals surface area contributed by atoms with Crippen LogP contribution in [-0.4, -0.2) is 20.4 Å². The number of hydrogen-bond acceptors (Lipinski definition) is 4. The summed E-state index contributed by atoms with van der Waals surface area (Å²) in [4.78, 5) is 4.03. The van der Waals surface area contributed by atoms with Gasteiger partial charge in [0.25, 0.3) is 0 Å². The van der Waals surface area contributed by atoms with E-state index in [0.717, 1.165) is 11.1 Å². The summed E-state index contributed by atoms with van der Waals surface area (Å²) in [5.41, 5.74) is 7.76. The summed E-state index contributed by atoms with van der Waals surface area (Å²) in [6, 6.07) is 1.87. The maximum atomic E-state index is 5.41. The van der Waals surface area contributed by atoms with Gasteiger partial charge in [-0.25, -0.2) is 4.98 Å². The monoisotopic (exact) mass is 149 g/mol. The third-order valence-electron chi connectivity index (χ3n) is 1.47. The van der Waals surface area contributed by atoms with Gasteiger partial charge >= 0.3 is 0 Å². The number of nitrogens with one attached hydrogen (secondary N) is 1. The van der Waals surface area contributed by atoms with E-state index in [9.17, 15) is 0 Å². The van der Waals surface area contributed by atoms with Gasteiger partial charge in [-0.2, -0.15) is 10.3 Å². The van der Waals surface area contributed by atoms with Crippen molar-refractivity contribution in [2.75, 3.05) is 0 Å². The average molecular weight is 149 g/mol. The molecule has 0 amide bonds. The lowest BCUT2D eigenvalue weighted by Crippen LogP contribution is -1.96. The molecule has 0 saturated heterocycles. The molecule has 11 heavy (non-hydrogen) atoms. The highest BCUT2D eigenvalue weighted by Gasteiger charge is 1.98. The number of H-pyrrole nitrogens is 1. The van der Waals surface area contributed by atoms with Crippen LogP contribution in [0.25, 0.3) is 11.2 Å². The standard InChI is InChI=1S/C6H7N5/c7-2-4-1-5-6(8-3-4)10-11-9-5/h1,3H,2,7H2,(H,8,9,10,11).